The number of aromatic nitrogens is 5. The maximum Gasteiger partial charge on any atom is 0.339 e. The van der Waals surface area contributed by atoms with E-state index < -0.39 is 121 Å². The van der Waals surface area contributed by atoms with Crippen molar-refractivity contribution in [1.29, 1.82) is 0 Å². The number of aliphatic carboxylic acids is 4. The molecule has 21 N–H and O–H groups in total. The van der Waals surface area contributed by atoms with Crippen molar-refractivity contribution in [2.24, 2.45) is 27.5 Å². The van der Waals surface area contributed by atoms with Crippen LogP contribution in [-0.2, 0) is 65.7 Å². The van der Waals surface area contributed by atoms with Crippen molar-refractivity contribution < 1.29 is 87.5 Å². The molecule has 11 rings (SSSR count). The number of imide groups is 1. The topological polar surface area (TPSA) is 625 Å². The van der Waals surface area contributed by atoms with Crippen molar-refractivity contribution in [3.8, 4) is 0 Å². The van der Waals surface area contributed by atoms with Gasteiger partial charge in [-0.2, -0.15) is 21.8 Å². The number of fused-ring (bicyclic) bond motifs is 6. The lowest BCUT2D eigenvalue weighted by atomic mass is 9.93. The van der Waals surface area contributed by atoms with Gasteiger partial charge in [-0.05, 0) is 138 Å². The van der Waals surface area contributed by atoms with Crippen LogP contribution in [0.1, 0.15) is 107 Å². The number of halogens is 1. The molecule has 7 atom stereocenters. The number of aryl methyl sites for hydroxylation is 1. The van der Waals surface area contributed by atoms with Crippen molar-refractivity contribution in [3.05, 3.63) is 158 Å². The molecule has 1 aliphatic carbocycles. The van der Waals surface area contributed by atoms with Crippen molar-refractivity contribution in [2.45, 2.75) is 108 Å². The summed E-state index contributed by atoms with van der Waals surface area (Å²) >= 11 is 7.50. The maximum atomic E-state index is 14.0. The number of urea groups is 1. The van der Waals surface area contributed by atoms with Gasteiger partial charge in [0.2, 0.25) is 41.4 Å². The number of benzene rings is 5. The number of rotatable bonds is 35. The molecule has 628 valence electrons. The van der Waals surface area contributed by atoms with Gasteiger partial charge in [0, 0.05) is 107 Å². The number of hydrogen-bond acceptors (Lipinski definition) is 23. The Hall–Kier alpha value is -14.4. The summed E-state index contributed by atoms with van der Waals surface area (Å²) < 4.78 is 0. The van der Waals surface area contributed by atoms with Crippen LogP contribution in [0.4, 0.5) is 33.5 Å². The van der Waals surface area contributed by atoms with Crippen LogP contribution in [0.2, 0.25) is 0 Å². The number of likely N-dealkylation sites (tertiary alicyclic amines) is 1. The van der Waals surface area contributed by atoms with Crippen molar-refractivity contribution in [1.82, 2.24) is 61.8 Å². The van der Waals surface area contributed by atoms with Gasteiger partial charge in [0.25, 0.3) is 23.3 Å². The average molecular weight is 1690 g/mol. The van der Waals surface area contributed by atoms with Crippen LogP contribution >= 0.6 is 23.4 Å². The van der Waals surface area contributed by atoms with Gasteiger partial charge in [0.15, 0.2) is 17.1 Å². The molecule has 1 fully saturated rings. The molecule has 0 saturated carbocycles. The van der Waals surface area contributed by atoms with Crippen LogP contribution in [0.5, 0.6) is 0 Å². The van der Waals surface area contributed by atoms with Crippen LogP contribution in [-0.4, -0.2) is 213 Å². The summed E-state index contributed by atoms with van der Waals surface area (Å²) in [4.78, 5) is 213. The first-order valence-electron chi connectivity index (χ1n) is 37.2. The van der Waals surface area contributed by atoms with Gasteiger partial charge in [-0.3, -0.25) is 72.4 Å². The number of aromatic amines is 2. The normalized spacial score (nSPS) is 15.2. The van der Waals surface area contributed by atoms with E-state index in [0.717, 1.165) is 66.3 Å². The highest BCUT2D eigenvalue weighted by molar-refractivity contribution is 7.98. The molecule has 11 amide bonds. The van der Waals surface area contributed by atoms with E-state index >= 15 is 0 Å². The van der Waals surface area contributed by atoms with Crippen molar-refractivity contribution >= 4 is 186 Å². The molecular formula is C78H84ClN21O19S. The summed E-state index contributed by atoms with van der Waals surface area (Å²) in [5.41, 5.74) is 26.6. The van der Waals surface area contributed by atoms with E-state index in [2.05, 4.69) is 108 Å². The van der Waals surface area contributed by atoms with E-state index in [0.29, 0.717) is 52.9 Å². The fourth-order valence-electron chi connectivity index (χ4n) is 13.3. The van der Waals surface area contributed by atoms with Crippen molar-refractivity contribution in [3.63, 3.8) is 0 Å². The molecule has 0 spiro atoms. The summed E-state index contributed by atoms with van der Waals surface area (Å²) in [5, 5.41) is 64.8. The van der Waals surface area contributed by atoms with Gasteiger partial charge < -0.3 is 90.0 Å². The summed E-state index contributed by atoms with van der Waals surface area (Å²) in [5.74, 6) is -12.9. The second-order valence-corrected chi connectivity index (χ2v) is 29.2. The van der Waals surface area contributed by atoms with E-state index in [-0.39, 0.29) is 109 Å². The molecular weight excluding hydrogens is 1600 g/mol. The summed E-state index contributed by atoms with van der Waals surface area (Å²) in [7, 11) is 0. The number of H-pyrrole nitrogens is 2. The molecule has 0 bridgehead atoms. The molecule has 42 heteroatoms. The lowest BCUT2D eigenvalue weighted by Crippen LogP contribution is -2.58. The fourth-order valence-corrected chi connectivity index (χ4v) is 14.1. The molecule has 8 aromatic rings. The molecule has 1 saturated heterocycles. The molecule has 3 aliphatic rings. The Labute approximate surface area is 690 Å². The van der Waals surface area contributed by atoms with Crippen LogP contribution in [0.3, 0.4) is 0 Å². The quantitative estimate of drug-likeness (QED) is 0.00678. The number of alkyl halides is 1. The van der Waals surface area contributed by atoms with Gasteiger partial charge in [-0.25, -0.2) is 29.8 Å². The Balaban J connectivity index is 0.000000256. The van der Waals surface area contributed by atoms with Crippen molar-refractivity contribution in [2.75, 3.05) is 64.1 Å². The number of carboxylic acid groups (broad SMARTS) is 4. The number of nitrogen functional groups attached to an aromatic ring is 1. The molecule has 120 heavy (non-hydrogen) atoms. The molecule has 2 unspecified atom stereocenters. The number of hydrazone groups is 1. The lowest BCUT2D eigenvalue weighted by molar-refractivity contribution is -0.143. The van der Waals surface area contributed by atoms with Crippen LogP contribution in [0.15, 0.2) is 124 Å². The number of carbonyl (C=O) groups is 14. The number of carbonyl (C=O) groups excluding carboxylic acids is 10. The van der Waals surface area contributed by atoms with Gasteiger partial charge >= 0.3 is 29.9 Å². The Kier molecular flexibility index (Phi) is 29.3. The second kappa shape index (κ2) is 40.0. The third-order valence-electron chi connectivity index (χ3n) is 19.2. The molecule has 2 aliphatic heterocycles. The number of carboxylic acids is 4. The third-order valence-corrected chi connectivity index (χ3v) is 20.3. The highest BCUT2D eigenvalue weighted by Crippen LogP contribution is 2.44. The lowest BCUT2D eigenvalue weighted by Gasteiger charge is -2.25. The minimum absolute atomic E-state index is 0.0128. The number of nitrogens with zero attached hydrogens (tertiary/aromatic N) is 7. The SMILES string of the molecule is CSC[C@H](NC(=O)[C@H](CC(=O)O)NC(=O)[C@H](CCCN=C(N)N)NC(=O)[C@H](CC(=O)O)NC(=O)CC[C@H](NC(=O)c1ccc(NCc2cnc3nc(N)[nH]c(=O)c3n2)cc1)C(=O)O)C(=O)O.Cc1cc2c(c3ccccc13)C(CCl)CN2C(=O)c1cc2cc(NC(=O)C3=Cc4cc(NC(=O)N/N=C/CN5C(=O)CC(C)C5=O)ccc4C3)ccc2[nH]1. The zero-order chi connectivity index (χ0) is 86.8. The number of thioether (sulfide) groups is 1. The first kappa shape index (κ1) is 88.0. The Morgan fingerprint density at radius 1 is 0.733 bits per heavy atom. The standard InChI is InChI=1S/C41H36ClN7O5.C37H48N14O14S/c1-22-13-35-37(32-6-4-3-5-31(22)32)28(20-42)21-49(35)40(53)34-19-26-18-29(9-10-33(26)46-34)44-38(51)27-15-24-7-8-30(17-25(24)16-27)45-41(54)47-43-11-12-48-36(50)14-23(2)39(48)52;1-66-15-23(35(64)65)49-32(60)22(12-26(55)56)48-30(58)19(3-2-10-41-36(38)39)46-31(59)21(11-25(53)54)45-24(52)9-8-20(34(62)63)47-29(57)16-4-6-17(7-5-16)42-13-18-14-43-28-27(44-18)33(61)51-37(40)50-28/h3-11,13,16-19,23,28,46H,12,14-15,20-21H2,1-2H3,(H,44,51)(H2,45,47,54);4-7,14,19-23,42H,2-3,8-13,15H2,1H3,(H,45,52)(H,46,59)(H,47,57)(H,48,58)(H,49,60)(H,53,54)(H,55,56)(H,62,63)(H,64,65)(H4,38,39,41)(H3,40,43,50,51,61)/b43-11+;/t;19-,20-,21-,22-,23-/m.0/s1. The Morgan fingerprint density at radius 2 is 1.39 bits per heavy atom. The Bertz CT molecular complexity index is 5540. The number of nitrogens with two attached hydrogens (primary N) is 3. The number of nitrogens with one attached hydrogen (secondary N) is 11. The van der Waals surface area contributed by atoms with E-state index in [4.69, 9.17) is 28.8 Å². The van der Waals surface area contributed by atoms with Crippen LogP contribution in [0.25, 0.3) is 38.9 Å². The van der Waals surface area contributed by atoms with Crippen LogP contribution < -0.4 is 75.6 Å². The largest absolute Gasteiger partial charge is 0.481 e. The first-order valence-corrected chi connectivity index (χ1v) is 39.1. The van der Waals surface area contributed by atoms with E-state index in [9.17, 15) is 92.3 Å². The average Bonchev–Trinajstić information content (AvgIpc) is 1.59. The molecule has 0 radical (unpaired) electrons. The minimum Gasteiger partial charge on any atom is -0.481 e. The number of aliphatic imine (C=N–C) groups is 1. The van der Waals surface area contributed by atoms with E-state index in [1.165, 1.54) is 36.7 Å². The zero-order valence-electron chi connectivity index (χ0n) is 64.5. The highest BCUT2D eigenvalue weighted by Gasteiger charge is 2.38. The second-order valence-electron chi connectivity index (χ2n) is 28.0. The predicted octanol–water partition coefficient (Wildman–Crippen LogP) is 2.95. The van der Waals surface area contributed by atoms with Gasteiger partial charge in [-0.1, -0.05) is 37.3 Å². The van der Waals surface area contributed by atoms with E-state index in [1.54, 1.807) is 37.5 Å². The number of hydrogen-bond donors (Lipinski definition) is 18. The number of anilines is 5. The van der Waals surface area contributed by atoms with Gasteiger partial charge in [-0.15, -0.1) is 11.6 Å². The molecule has 3 aromatic heterocycles. The maximum absolute atomic E-state index is 14.0. The zero-order valence-corrected chi connectivity index (χ0v) is 66.0. The predicted molar refractivity (Wildman–Crippen MR) is 442 cm³/mol. The van der Waals surface area contributed by atoms with Gasteiger partial charge in [0.05, 0.1) is 37.8 Å². The third kappa shape index (κ3) is 22.8. The van der Waals surface area contributed by atoms with Gasteiger partial charge in [0.1, 0.15) is 35.9 Å². The summed E-state index contributed by atoms with van der Waals surface area (Å²) in [6, 6.07) is 19.6. The molecule has 5 aromatic carbocycles. The molecule has 5 heterocycles. The van der Waals surface area contributed by atoms with E-state index in [1.807, 2.05) is 41.3 Å². The molecule has 40 nitrogen and oxygen atoms in total. The van der Waals surface area contributed by atoms with Crippen LogP contribution in [0, 0.1) is 12.8 Å². The number of amides is 11. The first-order chi connectivity index (χ1) is 57.2. The minimum atomic E-state index is -1.87. The summed E-state index contributed by atoms with van der Waals surface area (Å²) in [6.07, 6.45) is 3.08. The number of guanidine groups is 1. The highest BCUT2D eigenvalue weighted by atomic mass is 35.5. The Morgan fingerprint density at radius 3 is 2.06 bits per heavy atom. The fraction of sp³-hybridized carbons (Fsp3) is 0.308. The monoisotopic (exact) mass is 1690 g/mol. The smallest absolute Gasteiger partial charge is 0.339 e. The summed E-state index contributed by atoms with van der Waals surface area (Å²) in [6.45, 7) is 4.25.